The fourth-order valence-corrected chi connectivity index (χ4v) is 2.37. The van der Waals surface area contributed by atoms with E-state index in [0.717, 1.165) is 29.4 Å². The molecular weight excluding hydrogens is 292 g/mol. The monoisotopic (exact) mass is 308 g/mol. The third-order valence-electron chi connectivity index (χ3n) is 2.63. The summed E-state index contributed by atoms with van der Waals surface area (Å²) >= 11 is 7.73. The summed E-state index contributed by atoms with van der Waals surface area (Å²) in [6.45, 7) is 4.86. The van der Waals surface area contributed by atoms with Crippen LogP contribution in [-0.4, -0.2) is 22.8 Å². The second-order valence-corrected chi connectivity index (χ2v) is 5.44. The van der Waals surface area contributed by atoms with Crippen molar-refractivity contribution in [2.75, 3.05) is 23.4 Å². The second kappa shape index (κ2) is 6.81. The van der Waals surface area contributed by atoms with Crippen LogP contribution in [0.2, 0.25) is 5.02 Å². The molecule has 0 aliphatic heterocycles. The van der Waals surface area contributed by atoms with Crippen molar-refractivity contribution >= 4 is 40.7 Å². The maximum atomic E-state index is 6.23. The van der Waals surface area contributed by atoms with Crippen LogP contribution in [0.4, 0.5) is 17.3 Å². The summed E-state index contributed by atoms with van der Waals surface area (Å²) in [5.41, 5.74) is 1.96. The highest BCUT2D eigenvalue weighted by Gasteiger charge is 2.06. The first kappa shape index (κ1) is 14.9. The van der Waals surface area contributed by atoms with E-state index in [4.69, 9.17) is 11.6 Å². The number of anilines is 3. The molecule has 1 heterocycles. The Kier molecular flexibility index (Phi) is 5.09. The third kappa shape index (κ3) is 3.77. The van der Waals surface area contributed by atoms with Crippen molar-refractivity contribution in [1.29, 1.82) is 0 Å². The van der Waals surface area contributed by atoms with Crippen LogP contribution in [0.5, 0.6) is 0 Å². The van der Waals surface area contributed by atoms with Crippen molar-refractivity contribution in [2.45, 2.75) is 19.0 Å². The van der Waals surface area contributed by atoms with E-state index in [1.807, 2.05) is 44.4 Å². The van der Waals surface area contributed by atoms with Gasteiger partial charge in [0.1, 0.15) is 11.6 Å². The number of nitrogens with zero attached hydrogens (tertiary/aromatic N) is 2. The van der Waals surface area contributed by atoms with E-state index in [-0.39, 0.29) is 0 Å². The Morgan fingerprint density at radius 2 is 1.95 bits per heavy atom. The number of rotatable bonds is 5. The van der Waals surface area contributed by atoms with Gasteiger partial charge in [-0.1, -0.05) is 29.4 Å². The van der Waals surface area contributed by atoms with E-state index >= 15 is 0 Å². The van der Waals surface area contributed by atoms with Crippen LogP contribution in [0, 0.1) is 6.92 Å². The average Bonchev–Trinajstić information content (AvgIpc) is 2.42. The molecule has 0 aliphatic rings. The number of hydrogen-bond acceptors (Lipinski definition) is 5. The summed E-state index contributed by atoms with van der Waals surface area (Å²) in [5.74, 6) is 1.53. The first-order valence-electron chi connectivity index (χ1n) is 6.32. The van der Waals surface area contributed by atoms with Gasteiger partial charge in [-0.3, -0.25) is 0 Å². The van der Waals surface area contributed by atoms with E-state index < -0.39 is 0 Å². The molecule has 20 heavy (non-hydrogen) atoms. The summed E-state index contributed by atoms with van der Waals surface area (Å²) in [7, 11) is 0. The van der Waals surface area contributed by atoms with Gasteiger partial charge in [0.05, 0.1) is 10.7 Å². The molecule has 0 radical (unpaired) electrons. The quantitative estimate of drug-likeness (QED) is 0.636. The van der Waals surface area contributed by atoms with Gasteiger partial charge in [0.2, 0.25) is 0 Å². The topological polar surface area (TPSA) is 49.8 Å². The molecule has 2 aromatic rings. The molecule has 0 atom stereocenters. The van der Waals surface area contributed by atoms with Gasteiger partial charge in [0.15, 0.2) is 5.16 Å². The lowest BCUT2D eigenvalue weighted by Crippen LogP contribution is -2.03. The molecule has 106 valence electrons. The fourth-order valence-electron chi connectivity index (χ4n) is 1.71. The highest BCUT2D eigenvalue weighted by molar-refractivity contribution is 7.98. The molecule has 0 fully saturated rings. The fraction of sp³-hybridized carbons (Fsp3) is 0.286. The zero-order valence-electron chi connectivity index (χ0n) is 11.7. The highest BCUT2D eigenvalue weighted by atomic mass is 35.5. The van der Waals surface area contributed by atoms with Crippen LogP contribution in [-0.2, 0) is 0 Å². The van der Waals surface area contributed by atoms with Crippen molar-refractivity contribution < 1.29 is 0 Å². The largest absolute Gasteiger partial charge is 0.370 e. The number of aryl methyl sites for hydroxylation is 1. The maximum Gasteiger partial charge on any atom is 0.191 e. The summed E-state index contributed by atoms with van der Waals surface area (Å²) in [5, 5.41) is 7.83. The Morgan fingerprint density at radius 3 is 2.60 bits per heavy atom. The van der Waals surface area contributed by atoms with Crippen molar-refractivity contribution in [3.05, 3.63) is 34.9 Å². The predicted molar refractivity (Wildman–Crippen MR) is 87.4 cm³/mol. The zero-order valence-corrected chi connectivity index (χ0v) is 13.3. The summed E-state index contributed by atoms with van der Waals surface area (Å²) in [4.78, 5) is 8.82. The minimum Gasteiger partial charge on any atom is -0.370 e. The van der Waals surface area contributed by atoms with Crippen molar-refractivity contribution in [3.8, 4) is 0 Å². The Labute approximate surface area is 128 Å². The zero-order chi connectivity index (χ0) is 14.5. The molecule has 0 saturated heterocycles. The molecule has 0 unspecified atom stereocenters. The number of aromatic nitrogens is 2. The van der Waals surface area contributed by atoms with Gasteiger partial charge >= 0.3 is 0 Å². The van der Waals surface area contributed by atoms with Gasteiger partial charge < -0.3 is 10.6 Å². The van der Waals surface area contributed by atoms with E-state index in [0.29, 0.717) is 10.2 Å². The second-order valence-electron chi connectivity index (χ2n) is 4.26. The Hall–Kier alpha value is -1.46. The predicted octanol–water partition coefficient (Wildman–Crippen LogP) is 4.34. The van der Waals surface area contributed by atoms with Crippen LogP contribution >= 0.6 is 23.4 Å². The molecule has 0 bridgehead atoms. The van der Waals surface area contributed by atoms with Crippen LogP contribution in [0.1, 0.15) is 12.5 Å². The van der Waals surface area contributed by atoms with Crippen LogP contribution in [0.3, 0.4) is 0 Å². The molecule has 2 rings (SSSR count). The minimum absolute atomic E-state index is 0.680. The number of hydrogen-bond donors (Lipinski definition) is 2. The van der Waals surface area contributed by atoms with Gasteiger partial charge in [0, 0.05) is 12.6 Å². The van der Waals surface area contributed by atoms with Gasteiger partial charge in [-0.25, -0.2) is 9.97 Å². The van der Waals surface area contributed by atoms with Crippen LogP contribution < -0.4 is 10.6 Å². The number of thioether (sulfide) groups is 1. The Balaban J connectivity index is 2.29. The minimum atomic E-state index is 0.680. The molecule has 1 aromatic carbocycles. The Bertz CT molecular complexity index is 604. The van der Waals surface area contributed by atoms with Crippen LogP contribution in [0.25, 0.3) is 0 Å². The van der Waals surface area contributed by atoms with E-state index in [9.17, 15) is 0 Å². The average molecular weight is 309 g/mol. The SMILES string of the molecule is CCNc1cc(Nc2ccc(C)cc2Cl)nc(SC)n1. The first-order valence-corrected chi connectivity index (χ1v) is 7.92. The molecule has 0 aliphatic carbocycles. The lowest BCUT2D eigenvalue weighted by atomic mass is 10.2. The van der Waals surface area contributed by atoms with Crippen molar-refractivity contribution in [2.24, 2.45) is 0 Å². The molecule has 4 nitrogen and oxygen atoms in total. The van der Waals surface area contributed by atoms with Crippen molar-refractivity contribution in [1.82, 2.24) is 9.97 Å². The van der Waals surface area contributed by atoms with Gasteiger partial charge in [-0.05, 0) is 37.8 Å². The van der Waals surface area contributed by atoms with Gasteiger partial charge in [-0.2, -0.15) is 0 Å². The van der Waals surface area contributed by atoms with E-state index in [1.54, 1.807) is 0 Å². The molecule has 0 amide bonds. The molecule has 1 aromatic heterocycles. The summed E-state index contributed by atoms with van der Waals surface area (Å²) < 4.78 is 0. The normalized spacial score (nSPS) is 10.4. The molecule has 6 heteroatoms. The number of benzene rings is 1. The lowest BCUT2D eigenvalue weighted by Gasteiger charge is -2.11. The van der Waals surface area contributed by atoms with Crippen molar-refractivity contribution in [3.63, 3.8) is 0 Å². The third-order valence-corrected chi connectivity index (χ3v) is 3.49. The standard InChI is InChI=1S/C14H17ClN4S/c1-4-16-12-8-13(19-14(18-12)20-3)17-11-6-5-9(2)7-10(11)15/h5-8H,4H2,1-3H3,(H2,16,17,18,19). The lowest BCUT2D eigenvalue weighted by molar-refractivity contribution is 0.967. The van der Waals surface area contributed by atoms with E-state index in [1.165, 1.54) is 11.8 Å². The van der Waals surface area contributed by atoms with E-state index in [2.05, 4.69) is 20.6 Å². The maximum absolute atomic E-state index is 6.23. The first-order chi connectivity index (χ1) is 9.62. The van der Waals surface area contributed by atoms with Gasteiger partial charge in [0.25, 0.3) is 0 Å². The van der Waals surface area contributed by atoms with Gasteiger partial charge in [-0.15, -0.1) is 0 Å². The molecular formula is C14H17ClN4S. The smallest absolute Gasteiger partial charge is 0.191 e. The summed E-state index contributed by atoms with van der Waals surface area (Å²) in [6, 6.07) is 7.76. The summed E-state index contributed by atoms with van der Waals surface area (Å²) in [6.07, 6.45) is 1.95. The highest BCUT2D eigenvalue weighted by Crippen LogP contribution is 2.27. The number of nitrogens with one attached hydrogen (secondary N) is 2. The molecule has 0 saturated carbocycles. The van der Waals surface area contributed by atoms with Crippen LogP contribution in [0.15, 0.2) is 29.4 Å². The molecule has 2 N–H and O–H groups in total. The molecule has 0 spiro atoms. The Morgan fingerprint density at radius 1 is 1.20 bits per heavy atom. The number of halogens is 1.